The highest BCUT2D eigenvalue weighted by atomic mass is 32.1. The van der Waals surface area contributed by atoms with Crippen LogP contribution in [0.25, 0.3) is 0 Å². The summed E-state index contributed by atoms with van der Waals surface area (Å²) in [5.74, 6) is -0.687. The van der Waals surface area contributed by atoms with Gasteiger partial charge in [-0.25, -0.2) is 4.98 Å². The highest BCUT2D eigenvalue weighted by Gasteiger charge is 2.52. The van der Waals surface area contributed by atoms with Gasteiger partial charge in [0.1, 0.15) is 11.4 Å². The van der Waals surface area contributed by atoms with Gasteiger partial charge in [0, 0.05) is 43.8 Å². The van der Waals surface area contributed by atoms with Crippen LogP contribution in [-0.4, -0.2) is 98.3 Å². The first kappa shape index (κ1) is 42.2. The number of carbonyl (C=O) groups excluding carboxylic acids is 4. The minimum Gasteiger partial charge on any atom is -0.331 e. The van der Waals surface area contributed by atoms with Gasteiger partial charge in [-0.05, 0) is 127 Å². The average Bonchev–Trinajstić information content (AvgIpc) is 3.33. The number of rotatable bonds is 11. The number of alkyl halides is 3. The zero-order chi connectivity index (χ0) is 41.2. The number of piperidine rings is 1. The Hall–Kier alpha value is -4.46. The first-order valence-electron chi connectivity index (χ1n) is 19.8. The first-order chi connectivity index (χ1) is 27.0. The summed E-state index contributed by atoms with van der Waals surface area (Å²) in [6, 6.07) is 8.65. The quantitative estimate of drug-likeness (QED) is 0.159. The third-order valence-corrected chi connectivity index (χ3v) is 12.5. The smallest absolute Gasteiger partial charge is 0.331 e. The Morgan fingerprint density at radius 1 is 1.04 bits per heavy atom. The summed E-state index contributed by atoms with van der Waals surface area (Å²) < 4.78 is 41.2. The Labute approximate surface area is 337 Å². The lowest BCUT2D eigenvalue weighted by Gasteiger charge is -2.44. The molecule has 1 aromatic carbocycles. The van der Waals surface area contributed by atoms with E-state index in [1.807, 2.05) is 4.90 Å². The van der Waals surface area contributed by atoms with Crippen molar-refractivity contribution in [3.8, 4) is 6.07 Å². The van der Waals surface area contributed by atoms with Crippen LogP contribution in [0.1, 0.15) is 108 Å². The number of unbranched alkanes of at least 4 members (excludes halogenated alkanes) is 1. The van der Waals surface area contributed by atoms with Crippen molar-refractivity contribution < 1.29 is 32.3 Å². The van der Waals surface area contributed by atoms with E-state index in [0.717, 1.165) is 76.7 Å². The molecule has 0 radical (unpaired) electrons. The monoisotopic (exact) mass is 808 g/mol. The zero-order valence-corrected chi connectivity index (χ0v) is 33.7. The standard InChI is InChI=1S/C41H51F3N8O4S/c1-25-22-49(23-26(2)50(25)24-36(54)47-34-19-28(16-17-46-34)32-14-15-35(53)48-37(32)55)18-6-5-7-27-8-11-30(12-9-27)52-39(57)51(38(56)40(52,3)4)31-13-10-29(21-45)33(20-31)41(42,43)44/h10,13,16-17,19-20,25-27,30,32H,5-9,11-12,14-15,18,22-24H2,1-4H3,(H,46,47,54)(H,48,53,55)/t25-,26+,27-,30-,32?. The molecule has 1 aliphatic carbocycles. The molecule has 3 atom stereocenters. The molecule has 4 amide bonds. The lowest BCUT2D eigenvalue weighted by Crippen LogP contribution is -2.58. The maximum absolute atomic E-state index is 13.7. The third-order valence-electron chi connectivity index (χ3n) is 12.1. The van der Waals surface area contributed by atoms with Crippen LogP contribution < -0.4 is 15.5 Å². The van der Waals surface area contributed by atoms with Gasteiger partial charge in [0.05, 0.1) is 35.3 Å². The fraction of sp³-hybridized carbons (Fsp3) is 0.585. The number of nitriles is 1. The molecule has 4 fully saturated rings. The van der Waals surface area contributed by atoms with Crippen molar-refractivity contribution in [1.29, 1.82) is 5.26 Å². The molecule has 4 heterocycles. The number of benzene rings is 1. The van der Waals surface area contributed by atoms with Gasteiger partial charge in [-0.1, -0.05) is 12.8 Å². The predicted molar refractivity (Wildman–Crippen MR) is 212 cm³/mol. The fourth-order valence-corrected chi connectivity index (χ4v) is 9.73. The Kier molecular flexibility index (Phi) is 12.7. The summed E-state index contributed by atoms with van der Waals surface area (Å²) in [7, 11) is 0. The predicted octanol–water partition coefficient (Wildman–Crippen LogP) is 5.97. The van der Waals surface area contributed by atoms with E-state index in [2.05, 4.69) is 39.3 Å². The van der Waals surface area contributed by atoms with E-state index in [9.17, 15) is 37.6 Å². The van der Waals surface area contributed by atoms with Gasteiger partial charge < -0.3 is 15.1 Å². The van der Waals surface area contributed by atoms with E-state index in [-0.39, 0.29) is 65.5 Å². The number of pyridine rings is 1. The van der Waals surface area contributed by atoms with E-state index in [1.165, 1.54) is 11.0 Å². The number of amides is 4. The molecule has 12 nitrogen and oxygen atoms in total. The molecule has 1 unspecified atom stereocenters. The van der Waals surface area contributed by atoms with Gasteiger partial charge >= 0.3 is 6.18 Å². The summed E-state index contributed by atoms with van der Waals surface area (Å²) >= 11 is 5.76. The van der Waals surface area contributed by atoms with E-state index in [1.54, 1.807) is 38.2 Å². The van der Waals surface area contributed by atoms with Crippen LogP contribution in [0.5, 0.6) is 0 Å². The van der Waals surface area contributed by atoms with Gasteiger partial charge in [0.25, 0.3) is 5.91 Å². The number of nitrogens with one attached hydrogen (secondary N) is 2. The molecule has 2 N–H and O–H groups in total. The lowest BCUT2D eigenvalue weighted by molar-refractivity contribution is -0.138. The van der Waals surface area contributed by atoms with Crippen molar-refractivity contribution in [3.63, 3.8) is 0 Å². The summed E-state index contributed by atoms with van der Waals surface area (Å²) in [4.78, 5) is 62.7. The largest absolute Gasteiger partial charge is 0.417 e. The maximum Gasteiger partial charge on any atom is 0.417 e. The third kappa shape index (κ3) is 9.31. The molecule has 306 valence electrons. The molecule has 6 rings (SSSR count). The molecule has 4 aliphatic rings. The minimum atomic E-state index is -4.75. The van der Waals surface area contributed by atoms with Crippen LogP contribution in [0.2, 0.25) is 0 Å². The average molecular weight is 809 g/mol. The Bertz CT molecular complexity index is 1920. The molecule has 16 heteroatoms. The van der Waals surface area contributed by atoms with Gasteiger partial charge in [-0.2, -0.15) is 18.4 Å². The van der Waals surface area contributed by atoms with Crippen molar-refractivity contribution in [2.75, 3.05) is 36.4 Å². The fourth-order valence-electron chi connectivity index (χ4n) is 9.17. The van der Waals surface area contributed by atoms with Crippen molar-refractivity contribution in [3.05, 3.63) is 53.2 Å². The number of aromatic nitrogens is 1. The Morgan fingerprint density at radius 3 is 2.39 bits per heavy atom. The number of thiocarbonyl (C=S) groups is 1. The number of anilines is 2. The molecule has 0 bridgehead atoms. The summed E-state index contributed by atoms with van der Waals surface area (Å²) in [6.45, 7) is 10.7. The second kappa shape index (κ2) is 17.2. The van der Waals surface area contributed by atoms with Gasteiger partial charge in [0.15, 0.2) is 5.11 Å². The van der Waals surface area contributed by atoms with Crippen LogP contribution >= 0.6 is 12.2 Å². The van der Waals surface area contributed by atoms with Gasteiger partial charge in [0.2, 0.25) is 17.7 Å². The number of hydrogen-bond acceptors (Lipinski definition) is 9. The topological polar surface area (TPSA) is 142 Å². The molecular weight excluding hydrogens is 758 g/mol. The minimum absolute atomic E-state index is 0.00113. The van der Waals surface area contributed by atoms with Crippen LogP contribution in [-0.2, 0) is 25.4 Å². The molecule has 0 spiro atoms. The number of carbonyl (C=O) groups is 4. The molecule has 2 aromatic rings. The number of imide groups is 1. The SMILES string of the molecule is C[C@@H]1CN(CCCC[C@H]2CC[C@H](N3C(=S)N(c4ccc(C#N)c(C(F)(F)F)c4)C(=O)C3(C)C)CC2)C[C@H](C)N1CC(=O)Nc1cc(C2CCC(=O)NC2=O)ccn1. The summed E-state index contributed by atoms with van der Waals surface area (Å²) in [6.07, 6.45) is 4.40. The van der Waals surface area contributed by atoms with E-state index in [4.69, 9.17) is 12.2 Å². The van der Waals surface area contributed by atoms with Crippen molar-refractivity contribution in [2.24, 2.45) is 5.92 Å². The number of halogens is 3. The Balaban J connectivity index is 0.929. The van der Waals surface area contributed by atoms with Gasteiger partial charge in [-0.3, -0.25) is 34.3 Å². The van der Waals surface area contributed by atoms with Crippen molar-refractivity contribution >= 4 is 52.5 Å². The number of piperazine rings is 1. The lowest BCUT2D eigenvalue weighted by atomic mass is 9.81. The highest BCUT2D eigenvalue weighted by molar-refractivity contribution is 7.80. The molecular formula is C41H51F3N8O4S. The van der Waals surface area contributed by atoms with Crippen LogP contribution in [0, 0.1) is 17.2 Å². The van der Waals surface area contributed by atoms with Crippen LogP contribution in [0.4, 0.5) is 24.7 Å². The summed E-state index contributed by atoms with van der Waals surface area (Å²) in [5, 5.41) is 14.7. The maximum atomic E-state index is 13.7. The Morgan fingerprint density at radius 2 is 1.74 bits per heavy atom. The van der Waals surface area contributed by atoms with Crippen molar-refractivity contribution in [1.82, 2.24) is 25.0 Å². The highest BCUT2D eigenvalue weighted by Crippen LogP contribution is 2.41. The van der Waals surface area contributed by atoms with E-state index < -0.39 is 28.8 Å². The zero-order valence-electron chi connectivity index (χ0n) is 32.9. The van der Waals surface area contributed by atoms with E-state index >= 15 is 0 Å². The second-order valence-electron chi connectivity index (χ2n) is 16.5. The van der Waals surface area contributed by atoms with Crippen LogP contribution in [0.3, 0.4) is 0 Å². The normalized spacial score (nSPS) is 26.0. The van der Waals surface area contributed by atoms with E-state index in [0.29, 0.717) is 23.7 Å². The molecule has 3 saturated heterocycles. The molecule has 1 saturated carbocycles. The molecule has 1 aromatic heterocycles. The molecule has 3 aliphatic heterocycles. The summed E-state index contributed by atoms with van der Waals surface area (Å²) in [5.41, 5.74) is -1.89. The first-order valence-corrected chi connectivity index (χ1v) is 20.3. The van der Waals surface area contributed by atoms with Crippen LogP contribution in [0.15, 0.2) is 36.5 Å². The number of nitrogens with zero attached hydrogens (tertiary/aromatic N) is 6. The van der Waals surface area contributed by atoms with Crippen molar-refractivity contribution in [2.45, 2.75) is 121 Å². The second-order valence-corrected chi connectivity index (χ2v) is 16.9. The number of hydrogen-bond donors (Lipinski definition) is 2. The van der Waals surface area contributed by atoms with Gasteiger partial charge in [-0.15, -0.1) is 0 Å². The molecule has 57 heavy (non-hydrogen) atoms.